The predicted molar refractivity (Wildman–Crippen MR) is 43.3 cm³/mol. The van der Waals surface area contributed by atoms with Gasteiger partial charge in [0.25, 0.3) is 5.92 Å². The molecule has 1 fully saturated rings. The molecule has 0 heterocycles. The van der Waals surface area contributed by atoms with Gasteiger partial charge in [-0.3, -0.25) is 0 Å². The Kier molecular flexibility index (Phi) is 2.52. The first-order valence-electron chi connectivity index (χ1n) is 4.05. The number of hydrogen-bond acceptors (Lipinski definition) is 1. The second kappa shape index (κ2) is 3.13. The van der Waals surface area contributed by atoms with Gasteiger partial charge in [-0.25, -0.2) is 8.78 Å². The normalized spacial score (nSPS) is 21.7. The highest BCUT2D eigenvalue weighted by Gasteiger charge is 2.40. The Bertz CT molecular complexity index is 177. The van der Waals surface area contributed by atoms with Crippen molar-refractivity contribution in [1.29, 1.82) is 0 Å². The number of allylic oxidation sites excluding steroid dienone is 1. The minimum atomic E-state index is -2.69. The minimum absolute atomic E-state index is 0.0752. The highest BCUT2D eigenvalue weighted by atomic mass is 19.3. The summed E-state index contributed by atoms with van der Waals surface area (Å²) in [5.74, 6) is -2.69. The number of halogens is 2. The number of methoxy groups -OCH3 is 1. The molecule has 1 nitrogen and oxygen atoms in total. The Morgan fingerprint density at radius 2 is 2.08 bits per heavy atom. The van der Waals surface area contributed by atoms with Crippen LogP contribution in [-0.2, 0) is 4.74 Å². The van der Waals surface area contributed by atoms with Gasteiger partial charge in [-0.1, -0.05) is 6.08 Å². The Morgan fingerprint density at radius 3 is 2.42 bits per heavy atom. The van der Waals surface area contributed by atoms with Gasteiger partial charge in [0, 0.05) is 19.4 Å². The van der Waals surface area contributed by atoms with Crippen LogP contribution >= 0.6 is 0 Å². The van der Waals surface area contributed by atoms with E-state index in [9.17, 15) is 8.78 Å². The van der Waals surface area contributed by atoms with Crippen molar-refractivity contribution in [1.82, 2.24) is 0 Å². The SMILES string of the molecule is COCC1(/C=C/C(C)(F)F)CC1. The number of alkyl halides is 2. The number of ether oxygens (including phenoxy) is 1. The fourth-order valence-electron chi connectivity index (χ4n) is 1.13. The van der Waals surface area contributed by atoms with Crippen LogP contribution in [0.4, 0.5) is 8.78 Å². The van der Waals surface area contributed by atoms with E-state index in [1.54, 1.807) is 13.2 Å². The van der Waals surface area contributed by atoms with Gasteiger partial charge in [-0.15, -0.1) is 0 Å². The lowest BCUT2D eigenvalue weighted by Gasteiger charge is -2.09. The van der Waals surface area contributed by atoms with E-state index >= 15 is 0 Å². The Hall–Kier alpha value is -0.440. The van der Waals surface area contributed by atoms with Gasteiger partial charge in [-0.05, 0) is 18.9 Å². The lowest BCUT2D eigenvalue weighted by Crippen LogP contribution is -2.09. The van der Waals surface area contributed by atoms with E-state index in [0.717, 1.165) is 25.8 Å². The number of rotatable bonds is 4. The molecule has 1 aliphatic rings. The van der Waals surface area contributed by atoms with Crippen molar-refractivity contribution in [3.63, 3.8) is 0 Å². The summed E-state index contributed by atoms with van der Waals surface area (Å²) in [6, 6.07) is 0. The summed E-state index contributed by atoms with van der Waals surface area (Å²) in [5, 5.41) is 0. The quantitative estimate of drug-likeness (QED) is 0.598. The van der Waals surface area contributed by atoms with Gasteiger partial charge in [-0.2, -0.15) is 0 Å². The van der Waals surface area contributed by atoms with E-state index in [4.69, 9.17) is 4.74 Å². The molecule has 0 radical (unpaired) electrons. The standard InChI is InChI=1S/C9H14F2O/c1-8(10,11)3-4-9(5-6-9)7-12-2/h3-4H,5-7H2,1-2H3/b4-3+. The molecule has 0 N–H and O–H groups in total. The molecule has 0 spiro atoms. The van der Waals surface area contributed by atoms with Crippen LogP contribution in [0.25, 0.3) is 0 Å². The Balaban J connectivity index is 2.45. The molecular weight excluding hydrogens is 162 g/mol. The highest BCUT2D eigenvalue weighted by molar-refractivity contribution is 5.11. The second-order valence-electron chi connectivity index (χ2n) is 3.59. The molecule has 70 valence electrons. The van der Waals surface area contributed by atoms with Crippen LogP contribution in [-0.4, -0.2) is 19.6 Å². The lowest BCUT2D eigenvalue weighted by molar-refractivity contribution is 0.0757. The van der Waals surface area contributed by atoms with Crippen LogP contribution in [0, 0.1) is 5.41 Å². The molecule has 0 atom stereocenters. The average Bonchev–Trinajstić information content (AvgIpc) is 2.65. The molecule has 0 unspecified atom stereocenters. The van der Waals surface area contributed by atoms with E-state index in [-0.39, 0.29) is 5.41 Å². The first-order valence-corrected chi connectivity index (χ1v) is 4.05. The maximum Gasteiger partial charge on any atom is 0.263 e. The van der Waals surface area contributed by atoms with Crippen LogP contribution < -0.4 is 0 Å². The van der Waals surface area contributed by atoms with Gasteiger partial charge in [0.2, 0.25) is 0 Å². The molecule has 1 rings (SSSR count). The topological polar surface area (TPSA) is 9.23 Å². The molecule has 0 saturated heterocycles. The third-order valence-corrected chi connectivity index (χ3v) is 2.05. The van der Waals surface area contributed by atoms with Crippen molar-refractivity contribution in [3.8, 4) is 0 Å². The zero-order chi connectivity index (χ0) is 9.24. The molecule has 0 bridgehead atoms. The molecule has 3 heteroatoms. The molecule has 0 aromatic heterocycles. The smallest absolute Gasteiger partial charge is 0.263 e. The van der Waals surface area contributed by atoms with E-state index in [0.29, 0.717) is 6.61 Å². The number of hydrogen-bond donors (Lipinski definition) is 0. The first-order chi connectivity index (χ1) is 5.47. The molecule has 12 heavy (non-hydrogen) atoms. The fraction of sp³-hybridized carbons (Fsp3) is 0.778. The summed E-state index contributed by atoms with van der Waals surface area (Å²) in [5.41, 5.74) is -0.0752. The van der Waals surface area contributed by atoms with Crippen molar-refractivity contribution in [2.24, 2.45) is 5.41 Å². The average molecular weight is 176 g/mol. The lowest BCUT2D eigenvalue weighted by atomic mass is 10.1. The van der Waals surface area contributed by atoms with Crippen LogP contribution in [0.15, 0.2) is 12.2 Å². The van der Waals surface area contributed by atoms with Gasteiger partial charge in [0.1, 0.15) is 0 Å². The summed E-state index contributed by atoms with van der Waals surface area (Å²) >= 11 is 0. The summed E-state index contributed by atoms with van der Waals surface area (Å²) in [6.07, 6.45) is 4.50. The summed E-state index contributed by atoms with van der Waals surface area (Å²) in [7, 11) is 1.60. The fourth-order valence-corrected chi connectivity index (χ4v) is 1.13. The highest BCUT2D eigenvalue weighted by Crippen LogP contribution is 2.47. The first kappa shape index (κ1) is 9.65. The third-order valence-electron chi connectivity index (χ3n) is 2.05. The zero-order valence-corrected chi connectivity index (χ0v) is 7.44. The van der Waals surface area contributed by atoms with Crippen molar-refractivity contribution in [3.05, 3.63) is 12.2 Å². The predicted octanol–water partition coefficient (Wildman–Crippen LogP) is 2.62. The van der Waals surface area contributed by atoms with Crippen molar-refractivity contribution >= 4 is 0 Å². The molecular formula is C9H14F2O. The van der Waals surface area contributed by atoms with E-state index in [2.05, 4.69) is 0 Å². The molecule has 1 saturated carbocycles. The van der Waals surface area contributed by atoms with E-state index < -0.39 is 5.92 Å². The van der Waals surface area contributed by atoms with Gasteiger partial charge in [0.15, 0.2) is 0 Å². The van der Waals surface area contributed by atoms with Gasteiger partial charge >= 0.3 is 0 Å². The minimum Gasteiger partial charge on any atom is -0.384 e. The molecule has 0 aromatic rings. The van der Waals surface area contributed by atoms with Crippen molar-refractivity contribution in [2.45, 2.75) is 25.7 Å². The van der Waals surface area contributed by atoms with Crippen LogP contribution in [0.2, 0.25) is 0 Å². The molecule has 0 aromatic carbocycles. The van der Waals surface area contributed by atoms with Gasteiger partial charge < -0.3 is 4.74 Å². The van der Waals surface area contributed by atoms with Crippen molar-refractivity contribution < 1.29 is 13.5 Å². The Morgan fingerprint density at radius 1 is 1.50 bits per heavy atom. The van der Waals surface area contributed by atoms with Crippen LogP contribution in [0.5, 0.6) is 0 Å². The second-order valence-corrected chi connectivity index (χ2v) is 3.59. The summed E-state index contributed by atoms with van der Waals surface area (Å²) < 4.78 is 29.7. The summed E-state index contributed by atoms with van der Waals surface area (Å²) in [4.78, 5) is 0. The van der Waals surface area contributed by atoms with Gasteiger partial charge in [0.05, 0.1) is 6.61 Å². The van der Waals surface area contributed by atoms with E-state index in [1.807, 2.05) is 0 Å². The maximum atomic E-state index is 12.4. The molecule has 0 amide bonds. The zero-order valence-electron chi connectivity index (χ0n) is 7.44. The molecule has 1 aliphatic carbocycles. The van der Waals surface area contributed by atoms with Crippen LogP contribution in [0.1, 0.15) is 19.8 Å². The monoisotopic (exact) mass is 176 g/mol. The molecule has 0 aliphatic heterocycles. The summed E-state index contributed by atoms with van der Waals surface area (Å²) in [6.45, 7) is 1.45. The Labute approximate surface area is 71.4 Å². The largest absolute Gasteiger partial charge is 0.384 e. The maximum absolute atomic E-state index is 12.4. The van der Waals surface area contributed by atoms with E-state index in [1.165, 1.54) is 0 Å². The van der Waals surface area contributed by atoms with Crippen LogP contribution in [0.3, 0.4) is 0 Å². The van der Waals surface area contributed by atoms with Crippen molar-refractivity contribution in [2.75, 3.05) is 13.7 Å². The third kappa shape index (κ3) is 2.89.